The van der Waals surface area contributed by atoms with Gasteiger partial charge in [-0.15, -0.1) is 0 Å². The van der Waals surface area contributed by atoms with Gasteiger partial charge in [-0.25, -0.2) is 0 Å². The van der Waals surface area contributed by atoms with E-state index in [1.165, 1.54) is 0 Å². The van der Waals surface area contributed by atoms with Crippen LogP contribution in [0.5, 0.6) is 0 Å². The Balaban J connectivity index is 2.71. The number of nitrogens with zero attached hydrogens (tertiary/aromatic N) is 1. The van der Waals surface area contributed by atoms with Crippen LogP contribution < -0.4 is 0 Å². The summed E-state index contributed by atoms with van der Waals surface area (Å²) in [6, 6.07) is 5.78. The molecule has 0 spiro atoms. The number of halogens is 1. The van der Waals surface area contributed by atoms with Crippen molar-refractivity contribution in [3.63, 3.8) is 0 Å². The van der Waals surface area contributed by atoms with E-state index < -0.39 is 5.97 Å². The average molecular weight is 272 g/mol. The molecule has 1 N–H and O–H groups in total. The van der Waals surface area contributed by atoms with E-state index >= 15 is 0 Å². The van der Waals surface area contributed by atoms with Crippen molar-refractivity contribution in [1.82, 2.24) is 4.90 Å². The van der Waals surface area contributed by atoms with Gasteiger partial charge in [-0.3, -0.25) is 9.69 Å². The van der Waals surface area contributed by atoms with Crippen molar-refractivity contribution in [2.75, 3.05) is 26.8 Å². The molecular formula is C13H18ClNO3. The maximum absolute atomic E-state index is 10.8. The maximum atomic E-state index is 10.8. The number of rotatable bonds is 7. The quantitative estimate of drug-likeness (QED) is 0.826. The molecule has 0 fully saturated rings. The molecule has 1 rings (SSSR count). The number of hydrogen-bond donors (Lipinski definition) is 1. The Morgan fingerprint density at radius 3 is 2.78 bits per heavy atom. The minimum Gasteiger partial charge on any atom is -0.480 e. The van der Waals surface area contributed by atoms with Crippen LogP contribution in [0.3, 0.4) is 0 Å². The summed E-state index contributed by atoms with van der Waals surface area (Å²) in [6.45, 7) is 3.52. The summed E-state index contributed by atoms with van der Waals surface area (Å²) in [6.07, 6.45) is 0. The van der Waals surface area contributed by atoms with Crippen LogP contribution in [0, 0.1) is 6.92 Å². The van der Waals surface area contributed by atoms with Gasteiger partial charge in [-0.1, -0.05) is 23.7 Å². The van der Waals surface area contributed by atoms with Crippen molar-refractivity contribution in [2.24, 2.45) is 0 Å². The van der Waals surface area contributed by atoms with Gasteiger partial charge in [0, 0.05) is 25.2 Å². The molecule has 18 heavy (non-hydrogen) atoms. The molecule has 0 amide bonds. The summed E-state index contributed by atoms with van der Waals surface area (Å²) in [7, 11) is 1.60. The average Bonchev–Trinajstić information content (AvgIpc) is 2.29. The first-order chi connectivity index (χ1) is 8.52. The minimum atomic E-state index is -0.852. The number of carboxylic acids is 1. The standard InChI is InChI=1S/C13H18ClNO3/c1-10-3-4-11(12(14)7-10)8-15(5-6-18-2)9-13(16)17/h3-4,7H,5-6,8-9H2,1-2H3,(H,16,17). The Morgan fingerprint density at radius 2 is 2.22 bits per heavy atom. The van der Waals surface area contributed by atoms with Crippen LogP contribution in [0.15, 0.2) is 18.2 Å². The fourth-order valence-corrected chi connectivity index (χ4v) is 1.94. The molecule has 0 aliphatic carbocycles. The lowest BCUT2D eigenvalue weighted by molar-refractivity contribution is -0.138. The number of aliphatic carboxylic acids is 1. The summed E-state index contributed by atoms with van der Waals surface area (Å²) in [4.78, 5) is 12.6. The van der Waals surface area contributed by atoms with Crippen LogP contribution in [-0.4, -0.2) is 42.8 Å². The summed E-state index contributed by atoms with van der Waals surface area (Å²) in [5.41, 5.74) is 2.02. The smallest absolute Gasteiger partial charge is 0.317 e. The summed E-state index contributed by atoms with van der Waals surface area (Å²) < 4.78 is 4.97. The first-order valence-electron chi connectivity index (χ1n) is 5.71. The van der Waals surface area contributed by atoms with Crippen LogP contribution in [-0.2, 0) is 16.1 Å². The molecule has 0 bridgehead atoms. The molecule has 1 aromatic carbocycles. The number of carboxylic acid groups (broad SMARTS) is 1. The summed E-state index contributed by atoms with van der Waals surface area (Å²) >= 11 is 6.14. The molecule has 0 radical (unpaired) electrons. The normalized spacial score (nSPS) is 10.9. The second kappa shape index (κ2) is 7.36. The first-order valence-corrected chi connectivity index (χ1v) is 6.09. The Hall–Kier alpha value is -1.10. The number of benzene rings is 1. The Labute approximate surface area is 112 Å². The van der Waals surface area contributed by atoms with E-state index in [1.54, 1.807) is 12.0 Å². The molecule has 0 saturated heterocycles. The van der Waals surface area contributed by atoms with Crippen molar-refractivity contribution in [1.29, 1.82) is 0 Å². The lowest BCUT2D eigenvalue weighted by atomic mass is 10.1. The van der Waals surface area contributed by atoms with Crippen molar-refractivity contribution >= 4 is 17.6 Å². The molecule has 0 atom stereocenters. The highest BCUT2D eigenvalue weighted by atomic mass is 35.5. The van der Waals surface area contributed by atoms with Crippen LogP contribution in [0.4, 0.5) is 0 Å². The highest BCUT2D eigenvalue weighted by Gasteiger charge is 2.12. The number of ether oxygens (including phenoxy) is 1. The number of carbonyl (C=O) groups is 1. The fourth-order valence-electron chi connectivity index (χ4n) is 1.65. The highest BCUT2D eigenvalue weighted by Crippen LogP contribution is 2.19. The zero-order valence-electron chi connectivity index (χ0n) is 10.6. The molecule has 0 saturated carbocycles. The van der Waals surface area contributed by atoms with Gasteiger partial charge >= 0.3 is 5.97 Å². The van der Waals surface area contributed by atoms with Gasteiger partial charge in [0.25, 0.3) is 0 Å². The van der Waals surface area contributed by atoms with E-state index in [9.17, 15) is 4.79 Å². The lowest BCUT2D eigenvalue weighted by Gasteiger charge is -2.20. The second-order valence-corrected chi connectivity index (χ2v) is 4.60. The minimum absolute atomic E-state index is 0.0203. The van der Waals surface area contributed by atoms with Gasteiger partial charge in [-0.05, 0) is 24.1 Å². The summed E-state index contributed by atoms with van der Waals surface area (Å²) in [5, 5.41) is 9.53. The third kappa shape index (κ3) is 5.04. The van der Waals surface area contributed by atoms with Crippen molar-refractivity contribution < 1.29 is 14.6 Å². The Kier molecular flexibility index (Phi) is 6.12. The van der Waals surface area contributed by atoms with E-state index in [0.29, 0.717) is 24.7 Å². The molecule has 0 aliphatic rings. The van der Waals surface area contributed by atoms with Crippen LogP contribution in [0.25, 0.3) is 0 Å². The fraction of sp³-hybridized carbons (Fsp3) is 0.462. The van der Waals surface area contributed by atoms with Gasteiger partial charge in [0.1, 0.15) is 0 Å². The third-order valence-electron chi connectivity index (χ3n) is 2.57. The van der Waals surface area contributed by atoms with Crippen molar-refractivity contribution in [3.05, 3.63) is 34.3 Å². The van der Waals surface area contributed by atoms with E-state index in [2.05, 4.69) is 0 Å². The van der Waals surface area contributed by atoms with Crippen LogP contribution in [0.2, 0.25) is 5.02 Å². The predicted molar refractivity (Wildman–Crippen MR) is 71.0 cm³/mol. The molecule has 100 valence electrons. The first kappa shape index (κ1) is 15.0. The molecule has 0 aliphatic heterocycles. The Bertz CT molecular complexity index is 409. The van der Waals surface area contributed by atoms with Gasteiger partial charge in [0.2, 0.25) is 0 Å². The van der Waals surface area contributed by atoms with E-state index in [0.717, 1.165) is 11.1 Å². The summed E-state index contributed by atoms with van der Waals surface area (Å²) in [5.74, 6) is -0.852. The SMILES string of the molecule is COCCN(CC(=O)O)Cc1ccc(C)cc1Cl. The third-order valence-corrected chi connectivity index (χ3v) is 2.92. The number of aryl methyl sites for hydroxylation is 1. The largest absolute Gasteiger partial charge is 0.480 e. The van der Waals surface area contributed by atoms with Gasteiger partial charge in [-0.2, -0.15) is 0 Å². The van der Waals surface area contributed by atoms with Gasteiger partial charge in [0.05, 0.1) is 13.2 Å². The number of methoxy groups -OCH3 is 1. The van der Waals surface area contributed by atoms with Crippen molar-refractivity contribution in [3.8, 4) is 0 Å². The zero-order chi connectivity index (χ0) is 13.5. The maximum Gasteiger partial charge on any atom is 0.317 e. The number of hydrogen-bond acceptors (Lipinski definition) is 3. The zero-order valence-corrected chi connectivity index (χ0v) is 11.4. The topological polar surface area (TPSA) is 49.8 Å². The molecule has 0 heterocycles. The molecule has 5 heteroatoms. The van der Waals surface area contributed by atoms with Crippen LogP contribution in [0.1, 0.15) is 11.1 Å². The second-order valence-electron chi connectivity index (χ2n) is 4.19. The molecule has 1 aromatic rings. The van der Waals surface area contributed by atoms with Crippen LogP contribution >= 0.6 is 11.6 Å². The monoisotopic (exact) mass is 271 g/mol. The van der Waals surface area contributed by atoms with Crippen molar-refractivity contribution in [2.45, 2.75) is 13.5 Å². The molecular weight excluding hydrogens is 254 g/mol. The van der Waals surface area contributed by atoms with E-state index in [1.807, 2.05) is 25.1 Å². The lowest BCUT2D eigenvalue weighted by Crippen LogP contribution is -2.32. The van der Waals surface area contributed by atoms with Gasteiger partial charge < -0.3 is 9.84 Å². The molecule has 4 nitrogen and oxygen atoms in total. The molecule has 0 aromatic heterocycles. The molecule has 0 unspecified atom stereocenters. The highest BCUT2D eigenvalue weighted by molar-refractivity contribution is 6.31. The van der Waals surface area contributed by atoms with E-state index in [4.69, 9.17) is 21.4 Å². The van der Waals surface area contributed by atoms with Gasteiger partial charge in [0.15, 0.2) is 0 Å². The van der Waals surface area contributed by atoms with E-state index in [-0.39, 0.29) is 6.54 Å². The predicted octanol–water partition coefficient (Wildman–Crippen LogP) is 2.18. The Morgan fingerprint density at radius 1 is 1.50 bits per heavy atom.